The van der Waals surface area contributed by atoms with Crippen molar-refractivity contribution in [2.45, 2.75) is 63.2 Å². The summed E-state index contributed by atoms with van der Waals surface area (Å²) in [6, 6.07) is 11.4. The molecule has 2 aromatic carbocycles. The lowest BCUT2D eigenvalue weighted by atomic mass is 9.88. The number of fused-ring (bicyclic) bond motifs is 1. The summed E-state index contributed by atoms with van der Waals surface area (Å²) < 4.78 is 5.63. The van der Waals surface area contributed by atoms with Crippen LogP contribution in [0.3, 0.4) is 0 Å². The van der Waals surface area contributed by atoms with Gasteiger partial charge >= 0.3 is 0 Å². The van der Waals surface area contributed by atoms with E-state index in [0.717, 1.165) is 65.5 Å². The van der Waals surface area contributed by atoms with Gasteiger partial charge in [-0.2, -0.15) is 0 Å². The van der Waals surface area contributed by atoms with E-state index in [1.165, 1.54) is 6.42 Å². The van der Waals surface area contributed by atoms with Gasteiger partial charge in [0.25, 0.3) is 5.24 Å². The Balaban J connectivity index is 1.34. The quantitative estimate of drug-likeness (QED) is 0.552. The molecule has 0 aromatic heterocycles. The molecule has 1 saturated heterocycles. The fourth-order valence-electron chi connectivity index (χ4n) is 5.46. The van der Waals surface area contributed by atoms with Crippen LogP contribution in [0.1, 0.15) is 55.2 Å². The third-order valence-electron chi connectivity index (χ3n) is 7.43. The second-order valence-corrected chi connectivity index (χ2v) is 11.0. The maximum Gasteiger partial charge on any atom is 0.286 e. The van der Waals surface area contributed by atoms with Crippen LogP contribution in [0, 0.1) is 5.92 Å². The summed E-state index contributed by atoms with van der Waals surface area (Å²) >= 11 is 1.01. The zero-order valence-corrected chi connectivity index (χ0v) is 21.7. The van der Waals surface area contributed by atoms with Crippen molar-refractivity contribution >= 4 is 46.1 Å². The molecule has 1 atom stereocenters. The number of benzene rings is 2. The molecule has 0 spiro atoms. The van der Waals surface area contributed by atoms with Crippen LogP contribution in [0.2, 0.25) is 0 Å². The van der Waals surface area contributed by atoms with Crippen molar-refractivity contribution in [3.05, 3.63) is 53.1 Å². The molecule has 1 aliphatic carbocycles. The molecular weight excluding hydrogens is 490 g/mol. The van der Waals surface area contributed by atoms with E-state index in [1.807, 2.05) is 36.4 Å². The number of hydrogen-bond acceptors (Lipinski definition) is 6. The first-order valence-corrected chi connectivity index (χ1v) is 13.7. The van der Waals surface area contributed by atoms with Crippen molar-refractivity contribution < 1.29 is 23.9 Å². The standard InChI is InChI=1S/C28H31N3O5S/c1-36-22-13-9-19(15-23-27(34)30-28(35)37-23)21-12-14-24(32)31(25(21)22)16-17-7-10-20(11-8-17)29-26(33)18-5-3-2-4-6-18/h7-11,13,18,23H,2-6,12,14-16H2,1H3,(H,29,33)(H,30,34,35). The highest BCUT2D eigenvalue weighted by Gasteiger charge is 2.35. The van der Waals surface area contributed by atoms with Crippen molar-refractivity contribution in [3.63, 3.8) is 0 Å². The first-order valence-electron chi connectivity index (χ1n) is 12.8. The van der Waals surface area contributed by atoms with Gasteiger partial charge in [-0.3, -0.25) is 24.5 Å². The number of ether oxygens (including phenoxy) is 1. The molecular formula is C28H31N3O5S. The van der Waals surface area contributed by atoms with Gasteiger partial charge in [0, 0.05) is 18.0 Å². The van der Waals surface area contributed by atoms with Gasteiger partial charge in [0.1, 0.15) is 5.75 Å². The second kappa shape index (κ2) is 11.0. The number of rotatable bonds is 7. The lowest BCUT2D eigenvalue weighted by Crippen LogP contribution is -2.35. The van der Waals surface area contributed by atoms with Gasteiger partial charge in [-0.1, -0.05) is 49.2 Å². The van der Waals surface area contributed by atoms with Crippen LogP contribution >= 0.6 is 11.8 Å². The third kappa shape index (κ3) is 5.51. The van der Waals surface area contributed by atoms with Gasteiger partial charge in [0.05, 0.1) is 24.6 Å². The van der Waals surface area contributed by atoms with Crippen LogP contribution in [0.5, 0.6) is 5.75 Å². The van der Waals surface area contributed by atoms with Crippen LogP contribution in [0.4, 0.5) is 16.2 Å². The SMILES string of the molecule is COc1ccc(CC2SC(=O)NC2=O)c2c1N(Cc1ccc(NC(=O)C3CCCCC3)cc1)C(=O)CC2. The number of methoxy groups -OCH3 is 1. The molecule has 1 unspecified atom stereocenters. The van der Waals surface area contributed by atoms with Gasteiger partial charge in [-0.25, -0.2) is 0 Å². The normalized spacial score (nSPS) is 20.0. The van der Waals surface area contributed by atoms with Crippen LogP contribution < -0.4 is 20.3 Å². The molecule has 5 rings (SSSR count). The highest BCUT2D eigenvalue weighted by atomic mass is 32.2. The van der Waals surface area contributed by atoms with Gasteiger partial charge in [-0.05, 0) is 60.6 Å². The van der Waals surface area contributed by atoms with E-state index in [0.29, 0.717) is 31.6 Å². The second-order valence-electron chi connectivity index (χ2n) is 9.84. The Morgan fingerprint density at radius 1 is 1.05 bits per heavy atom. The molecule has 2 fully saturated rings. The maximum atomic E-state index is 13.1. The summed E-state index contributed by atoms with van der Waals surface area (Å²) in [5.74, 6) is 0.493. The summed E-state index contributed by atoms with van der Waals surface area (Å²) in [7, 11) is 1.58. The molecule has 0 bridgehead atoms. The monoisotopic (exact) mass is 521 g/mol. The predicted molar refractivity (Wildman–Crippen MR) is 143 cm³/mol. The van der Waals surface area contributed by atoms with E-state index in [1.54, 1.807) is 12.0 Å². The van der Waals surface area contributed by atoms with Crippen molar-refractivity contribution in [3.8, 4) is 5.75 Å². The topological polar surface area (TPSA) is 105 Å². The molecule has 2 N–H and O–H groups in total. The zero-order chi connectivity index (χ0) is 25.9. The van der Waals surface area contributed by atoms with E-state index in [9.17, 15) is 19.2 Å². The van der Waals surface area contributed by atoms with E-state index in [2.05, 4.69) is 10.6 Å². The molecule has 194 valence electrons. The fraction of sp³-hybridized carbons (Fsp3) is 0.429. The Morgan fingerprint density at radius 3 is 2.49 bits per heavy atom. The minimum absolute atomic E-state index is 0.000731. The average Bonchev–Trinajstić information content (AvgIpc) is 3.23. The van der Waals surface area contributed by atoms with E-state index >= 15 is 0 Å². The number of carbonyl (C=O) groups is 4. The average molecular weight is 522 g/mol. The molecule has 4 amide bonds. The van der Waals surface area contributed by atoms with Crippen molar-refractivity contribution in [2.75, 3.05) is 17.3 Å². The van der Waals surface area contributed by atoms with Gasteiger partial charge < -0.3 is 15.0 Å². The van der Waals surface area contributed by atoms with Gasteiger partial charge in [0.15, 0.2) is 0 Å². The highest BCUT2D eigenvalue weighted by molar-refractivity contribution is 8.15. The first kappa shape index (κ1) is 25.3. The number of anilines is 2. The highest BCUT2D eigenvalue weighted by Crippen LogP contribution is 2.41. The number of imide groups is 1. The van der Waals surface area contributed by atoms with Crippen LogP contribution in [-0.4, -0.2) is 35.3 Å². The van der Waals surface area contributed by atoms with E-state index in [-0.39, 0.29) is 28.9 Å². The number of nitrogens with zero attached hydrogens (tertiary/aromatic N) is 1. The number of amides is 4. The van der Waals surface area contributed by atoms with Crippen molar-refractivity contribution in [1.82, 2.24) is 5.32 Å². The van der Waals surface area contributed by atoms with E-state index < -0.39 is 5.25 Å². The fourth-order valence-corrected chi connectivity index (χ4v) is 6.31. The number of thioether (sulfide) groups is 1. The van der Waals surface area contributed by atoms with Crippen molar-refractivity contribution in [2.24, 2.45) is 5.92 Å². The Bertz CT molecular complexity index is 1220. The minimum Gasteiger partial charge on any atom is -0.495 e. The smallest absolute Gasteiger partial charge is 0.286 e. The molecule has 2 heterocycles. The molecule has 2 aromatic rings. The number of nitrogens with one attached hydrogen (secondary N) is 2. The van der Waals surface area contributed by atoms with E-state index in [4.69, 9.17) is 4.74 Å². The number of carbonyl (C=O) groups excluding carboxylic acids is 4. The summed E-state index contributed by atoms with van der Waals surface area (Å²) in [6.45, 7) is 0.361. The lowest BCUT2D eigenvalue weighted by Gasteiger charge is -2.32. The summed E-state index contributed by atoms with van der Waals surface area (Å²) in [4.78, 5) is 51.2. The lowest BCUT2D eigenvalue weighted by molar-refractivity contribution is -0.121. The Labute approximate surface area is 220 Å². The number of hydrogen-bond donors (Lipinski definition) is 2. The Hall–Kier alpha value is -3.33. The predicted octanol–water partition coefficient (Wildman–Crippen LogP) is 4.59. The first-order chi connectivity index (χ1) is 17.9. The minimum atomic E-state index is -0.479. The summed E-state index contributed by atoms with van der Waals surface area (Å²) in [6.07, 6.45) is 6.64. The zero-order valence-electron chi connectivity index (χ0n) is 20.9. The molecule has 0 radical (unpaired) electrons. The van der Waals surface area contributed by atoms with Gasteiger partial charge in [-0.15, -0.1) is 0 Å². The molecule has 8 nitrogen and oxygen atoms in total. The Kier molecular flexibility index (Phi) is 7.50. The van der Waals surface area contributed by atoms with Crippen LogP contribution in [0.15, 0.2) is 36.4 Å². The maximum absolute atomic E-state index is 13.1. The molecule has 2 aliphatic heterocycles. The molecule has 9 heteroatoms. The molecule has 37 heavy (non-hydrogen) atoms. The summed E-state index contributed by atoms with van der Waals surface area (Å²) in [5.41, 5.74) is 4.33. The van der Waals surface area contributed by atoms with Crippen molar-refractivity contribution in [1.29, 1.82) is 0 Å². The molecule has 1 saturated carbocycles. The van der Waals surface area contributed by atoms with Crippen LogP contribution in [0.25, 0.3) is 0 Å². The summed E-state index contributed by atoms with van der Waals surface area (Å²) in [5, 5.41) is 4.57. The largest absolute Gasteiger partial charge is 0.495 e. The van der Waals surface area contributed by atoms with Gasteiger partial charge in [0.2, 0.25) is 17.7 Å². The third-order valence-corrected chi connectivity index (χ3v) is 8.41. The molecule has 3 aliphatic rings. The van der Waals surface area contributed by atoms with Crippen LogP contribution in [-0.2, 0) is 33.8 Å². The Morgan fingerprint density at radius 2 is 1.81 bits per heavy atom.